The molecule has 1 aliphatic heterocycles. The largest absolute Gasteiger partial charge is 0.497 e. The average Bonchev–Trinajstić information content (AvgIpc) is 3.37. The first kappa shape index (κ1) is 30.2. The fourth-order valence-electron chi connectivity index (χ4n) is 5.03. The van der Waals surface area contributed by atoms with E-state index in [1.54, 1.807) is 42.3 Å². The van der Waals surface area contributed by atoms with Crippen LogP contribution in [-0.2, 0) is 17.9 Å². The van der Waals surface area contributed by atoms with Gasteiger partial charge >= 0.3 is 5.97 Å². The Balaban J connectivity index is 1.40. The quantitative estimate of drug-likeness (QED) is 0.166. The Labute approximate surface area is 269 Å². The topological polar surface area (TPSA) is 112 Å². The lowest BCUT2D eigenvalue weighted by atomic mass is 10.0. The maximum Gasteiger partial charge on any atom is 0.335 e. The van der Waals surface area contributed by atoms with Crippen LogP contribution in [0.4, 0.5) is 5.69 Å². The molecule has 0 saturated carbocycles. The molecular formula is C37H27N3O5S. The van der Waals surface area contributed by atoms with Crippen molar-refractivity contribution in [2.45, 2.75) is 13.2 Å². The van der Waals surface area contributed by atoms with Gasteiger partial charge in [0.1, 0.15) is 18.1 Å². The first-order valence-corrected chi connectivity index (χ1v) is 15.1. The zero-order valence-corrected chi connectivity index (χ0v) is 25.5. The summed E-state index contributed by atoms with van der Waals surface area (Å²) >= 11 is 1.26. The van der Waals surface area contributed by atoms with Crippen molar-refractivity contribution < 1.29 is 24.2 Å². The molecule has 8 nitrogen and oxygen atoms in total. The molecule has 1 heterocycles. The molecule has 1 aliphatic rings. The van der Waals surface area contributed by atoms with Gasteiger partial charge in [-0.05, 0) is 82.7 Å². The van der Waals surface area contributed by atoms with E-state index in [-0.39, 0.29) is 24.6 Å². The minimum Gasteiger partial charge on any atom is -0.497 e. The molecule has 5 aromatic carbocycles. The number of hydrogen-bond acceptors (Lipinski definition) is 7. The first-order chi connectivity index (χ1) is 22.4. The second kappa shape index (κ2) is 13.4. The molecule has 1 amide bonds. The number of fused-ring (bicyclic) bond motifs is 1. The third-order valence-corrected chi connectivity index (χ3v) is 8.46. The van der Waals surface area contributed by atoms with Crippen LogP contribution >= 0.6 is 11.8 Å². The van der Waals surface area contributed by atoms with Gasteiger partial charge in [-0.2, -0.15) is 5.26 Å². The molecule has 0 bridgehead atoms. The van der Waals surface area contributed by atoms with Crippen molar-refractivity contribution in [2.75, 3.05) is 7.11 Å². The fraction of sp³-hybridized carbons (Fsp3) is 0.0811. The number of carboxylic acid groups (broad SMARTS) is 1. The smallest absolute Gasteiger partial charge is 0.335 e. The predicted molar refractivity (Wildman–Crippen MR) is 179 cm³/mol. The minimum atomic E-state index is -1.02. The van der Waals surface area contributed by atoms with E-state index < -0.39 is 5.97 Å². The van der Waals surface area contributed by atoms with Gasteiger partial charge < -0.3 is 14.6 Å². The molecule has 1 N–H and O–H groups in total. The Bertz CT molecular complexity index is 2050. The zero-order chi connectivity index (χ0) is 32.0. The number of carboxylic acids is 1. The molecule has 6 rings (SSSR count). The van der Waals surface area contributed by atoms with Gasteiger partial charge in [0.05, 0.1) is 41.4 Å². The highest BCUT2D eigenvalue weighted by atomic mass is 32.2. The van der Waals surface area contributed by atoms with Crippen LogP contribution in [0.1, 0.15) is 32.6 Å². The van der Waals surface area contributed by atoms with E-state index in [0.717, 1.165) is 27.5 Å². The van der Waals surface area contributed by atoms with Crippen molar-refractivity contribution >= 4 is 51.3 Å². The number of aromatic carboxylic acids is 1. The SMILES string of the molecule is COc1ccc(N=C2S/C(=C\c3c(OCc4ccccc4C#N)ccc4ccccc34)C(=O)N2Cc2ccc(C(=O)O)cc2)cc1. The molecule has 1 fully saturated rings. The number of ether oxygens (including phenoxy) is 2. The zero-order valence-electron chi connectivity index (χ0n) is 24.7. The molecule has 1 saturated heterocycles. The molecule has 5 aromatic rings. The second-order valence-electron chi connectivity index (χ2n) is 10.4. The van der Waals surface area contributed by atoms with E-state index in [2.05, 4.69) is 6.07 Å². The van der Waals surface area contributed by atoms with Crippen LogP contribution in [0.5, 0.6) is 11.5 Å². The number of benzene rings is 5. The van der Waals surface area contributed by atoms with Gasteiger partial charge in [-0.25, -0.2) is 9.79 Å². The molecule has 0 aromatic heterocycles. The highest BCUT2D eigenvalue weighted by molar-refractivity contribution is 8.18. The summed E-state index contributed by atoms with van der Waals surface area (Å²) in [5, 5.41) is 21.2. The number of methoxy groups -OCH3 is 1. The second-order valence-corrected chi connectivity index (χ2v) is 11.4. The van der Waals surface area contributed by atoms with Crippen molar-refractivity contribution in [1.82, 2.24) is 4.90 Å². The minimum absolute atomic E-state index is 0.166. The maximum atomic E-state index is 14.1. The van der Waals surface area contributed by atoms with E-state index >= 15 is 0 Å². The molecule has 0 aliphatic carbocycles. The van der Waals surface area contributed by atoms with Crippen molar-refractivity contribution in [2.24, 2.45) is 4.99 Å². The summed E-state index contributed by atoms with van der Waals surface area (Å²) in [6.07, 6.45) is 1.83. The molecule has 0 spiro atoms. The Morgan fingerprint density at radius 2 is 1.70 bits per heavy atom. The van der Waals surface area contributed by atoms with E-state index in [1.165, 1.54) is 23.9 Å². The summed E-state index contributed by atoms with van der Waals surface area (Å²) in [7, 11) is 1.59. The summed E-state index contributed by atoms with van der Waals surface area (Å²) in [6, 6.07) is 34.9. The van der Waals surface area contributed by atoms with Gasteiger partial charge in [-0.1, -0.05) is 60.7 Å². The van der Waals surface area contributed by atoms with Crippen LogP contribution in [-0.4, -0.2) is 34.2 Å². The van der Waals surface area contributed by atoms with Crippen LogP contribution in [0.15, 0.2) is 119 Å². The van der Waals surface area contributed by atoms with Crippen molar-refractivity contribution in [3.8, 4) is 17.6 Å². The van der Waals surface area contributed by atoms with Gasteiger partial charge in [0.15, 0.2) is 5.17 Å². The monoisotopic (exact) mass is 625 g/mol. The predicted octanol–water partition coefficient (Wildman–Crippen LogP) is 7.80. The number of thioether (sulfide) groups is 1. The number of nitriles is 1. The number of hydrogen-bond donors (Lipinski definition) is 1. The number of amidine groups is 1. The number of aliphatic imine (C=N–C) groups is 1. The third-order valence-electron chi connectivity index (χ3n) is 7.45. The number of carbonyl (C=O) groups is 2. The van der Waals surface area contributed by atoms with E-state index in [1.807, 2.05) is 72.8 Å². The highest BCUT2D eigenvalue weighted by Gasteiger charge is 2.34. The maximum absolute atomic E-state index is 14.1. The van der Waals surface area contributed by atoms with Crippen molar-refractivity contribution in [3.05, 3.63) is 142 Å². The normalized spacial score (nSPS) is 14.5. The Morgan fingerprint density at radius 3 is 2.43 bits per heavy atom. The summed E-state index contributed by atoms with van der Waals surface area (Å²) in [5.74, 6) is 0.00322. The number of rotatable bonds is 9. The van der Waals surface area contributed by atoms with Crippen LogP contribution in [0.2, 0.25) is 0 Å². The lowest BCUT2D eigenvalue weighted by Crippen LogP contribution is -2.28. The Kier molecular flexibility index (Phi) is 8.81. The summed E-state index contributed by atoms with van der Waals surface area (Å²) < 4.78 is 11.6. The summed E-state index contributed by atoms with van der Waals surface area (Å²) in [4.78, 5) is 32.3. The van der Waals surface area contributed by atoms with Gasteiger partial charge in [-0.3, -0.25) is 9.69 Å². The van der Waals surface area contributed by atoms with Gasteiger partial charge in [0, 0.05) is 11.1 Å². The van der Waals surface area contributed by atoms with Crippen LogP contribution in [0.25, 0.3) is 16.8 Å². The van der Waals surface area contributed by atoms with Crippen molar-refractivity contribution in [1.29, 1.82) is 5.26 Å². The molecule has 0 radical (unpaired) electrons. The number of nitrogens with zero attached hydrogens (tertiary/aromatic N) is 3. The number of amides is 1. The molecule has 9 heteroatoms. The van der Waals surface area contributed by atoms with Gasteiger partial charge in [0.2, 0.25) is 0 Å². The molecule has 226 valence electrons. The number of carbonyl (C=O) groups excluding carboxylic acids is 1. The van der Waals surface area contributed by atoms with Crippen LogP contribution in [0, 0.1) is 11.3 Å². The van der Waals surface area contributed by atoms with E-state index in [0.29, 0.717) is 32.8 Å². The standard InChI is InChI=1S/C37H27N3O5S/c1-44-30-17-15-29(16-18-30)39-37-40(22-24-10-12-26(13-11-24)36(42)43)35(41)34(46-37)20-32-31-9-5-4-6-25(31)14-19-33(32)45-23-28-8-3-2-7-27(28)21-38/h2-20H,22-23H2,1H3,(H,42,43)/b34-20-,39-37?. The molecular weight excluding hydrogens is 598 g/mol. The average molecular weight is 626 g/mol. The van der Waals surface area contributed by atoms with Gasteiger partial charge in [0.25, 0.3) is 5.91 Å². The molecule has 46 heavy (non-hydrogen) atoms. The molecule has 0 atom stereocenters. The van der Waals surface area contributed by atoms with E-state index in [9.17, 15) is 20.0 Å². The highest BCUT2D eigenvalue weighted by Crippen LogP contribution is 2.39. The lowest BCUT2D eigenvalue weighted by Gasteiger charge is -2.16. The van der Waals surface area contributed by atoms with Crippen LogP contribution in [0.3, 0.4) is 0 Å². The third kappa shape index (κ3) is 6.48. The fourth-order valence-corrected chi connectivity index (χ4v) is 6.01. The summed E-state index contributed by atoms with van der Waals surface area (Å²) in [5.41, 5.74) is 3.61. The molecule has 0 unspecified atom stereocenters. The van der Waals surface area contributed by atoms with Crippen molar-refractivity contribution in [3.63, 3.8) is 0 Å². The Hall–Kier alpha value is -5.85. The van der Waals surface area contributed by atoms with Crippen LogP contribution < -0.4 is 9.47 Å². The summed E-state index contributed by atoms with van der Waals surface area (Å²) in [6.45, 7) is 0.379. The Morgan fingerprint density at radius 1 is 0.957 bits per heavy atom. The van der Waals surface area contributed by atoms with Gasteiger partial charge in [-0.15, -0.1) is 0 Å². The lowest BCUT2D eigenvalue weighted by molar-refractivity contribution is -0.122. The van der Waals surface area contributed by atoms with E-state index in [4.69, 9.17) is 14.5 Å². The first-order valence-electron chi connectivity index (χ1n) is 14.3.